The third-order valence-corrected chi connectivity index (χ3v) is 0.311. The predicted molar refractivity (Wildman–Crippen MR) is 20.3 cm³/mol. The first-order valence-electron chi connectivity index (χ1n) is 1.67. The lowest BCUT2D eigenvalue weighted by Gasteiger charge is -2.01. The average molecular weight is 90.1 g/mol. The molecule has 0 aliphatic heterocycles. The van der Waals surface area contributed by atoms with Gasteiger partial charge in [0.2, 0.25) is 0 Å². The van der Waals surface area contributed by atoms with E-state index in [-0.39, 0.29) is 6.73 Å². The fraction of sp³-hybridized carbons (Fsp3) is 1.00. The molecule has 0 rings (SSSR count). The van der Waals surface area contributed by atoms with Crippen LogP contribution in [0.4, 0.5) is 0 Å². The fourth-order valence-corrected chi connectivity index (χ4v) is 0.105. The molecule has 0 atom stereocenters. The molecule has 0 fully saturated rings. The molecule has 0 N–H and O–H groups in total. The van der Waals surface area contributed by atoms with Crippen LogP contribution in [0.1, 0.15) is 0 Å². The molecule has 3 nitrogen and oxygen atoms in total. The van der Waals surface area contributed by atoms with Crippen molar-refractivity contribution in [2.24, 2.45) is 0 Å². The summed E-state index contributed by atoms with van der Waals surface area (Å²) in [6.45, 7) is 0.153. The maximum atomic E-state index is 9.20. The Bertz CT molecular complexity index is 30.0. The van der Waals surface area contributed by atoms with Crippen molar-refractivity contribution in [2.45, 2.75) is 0 Å². The molecule has 0 aromatic heterocycles. The Balaban J connectivity index is 2.63. The first-order valence-corrected chi connectivity index (χ1v) is 1.67. The molecule has 0 amide bonds. The van der Waals surface area contributed by atoms with Crippen LogP contribution in [0.15, 0.2) is 0 Å². The summed E-state index contributed by atoms with van der Waals surface area (Å²) < 4.78 is 0. The number of nitrogens with zero attached hydrogens (tertiary/aromatic N) is 1. The predicted octanol–water partition coefficient (Wildman–Crippen LogP) is -0.132. The van der Waals surface area contributed by atoms with E-state index in [0.717, 1.165) is 0 Å². The van der Waals surface area contributed by atoms with Crippen molar-refractivity contribution < 1.29 is 10.1 Å². The minimum absolute atomic E-state index is 0.153. The van der Waals surface area contributed by atoms with E-state index in [1.54, 1.807) is 19.0 Å². The fourth-order valence-electron chi connectivity index (χ4n) is 0.105. The van der Waals surface area contributed by atoms with Gasteiger partial charge in [0.05, 0.1) is 0 Å². The third kappa shape index (κ3) is 3.88. The highest BCUT2D eigenvalue weighted by molar-refractivity contribution is 4.18. The highest BCUT2D eigenvalue weighted by Gasteiger charge is 1.82. The lowest BCUT2D eigenvalue weighted by Crippen LogP contribution is -2.13. The van der Waals surface area contributed by atoms with Gasteiger partial charge in [-0.15, -0.1) is 0 Å². The Labute approximate surface area is 37.1 Å². The Hall–Kier alpha value is -0.120. The van der Waals surface area contributed by atoms with E-state index >= 15 is 0 Å². The first kappa shape index (κ1) is 5.88. The molecule has 0 aliphatic rings. The quantitative estimate of drug-likeness (QED) is 0.269. The van der Waals surface area contributed by atoms with Gasteiger partial charge in [-0.2, -0.15) is 4.89 Å². The molecule has 0 saturated carbocycles. The molecule has 0 spiro atoms. The topological polar surface area (TPSA) is 32.4 Å². The van der Waals surface area contributed by atoms with Gasteiger partial charge in [-0.1, -0.05) is 0 Å². The van der Waals surface area contributed by atoms with Gasteiger partial charge < -0.3 is 0 Å². The van der Waals surface area contributed by atoms with Crippen LogP contribution < -0.4 is 0 Å². The van der Waals surface area contributed by atoms with Crippen molar-refractivity contribution in [1.82, 2.24) is 4.90 Å². The van der Waals surface area contributed by atoms with Crippen LogP contribution in [0, 0.1) is 0 Å². The van der Waals surface area contributed by atoms with Gasteiger partial charge in [-0.05, 0) is 19.4 Å². The SMILES string of the molecule is CN(C)CO[O]. The van der Waals surface area contributed by atoms with Crippen LogP contribution in [0.25, 0.3) is 0 Å². The van der Waals surface area contributed by atoms with Gasteiger partial charge in [0.25, 0.3) is 0 Å². The summed E-state index contributed by atoms with van der Waals surface area (Å²) in [6, 6.07) is 0. The standard InChI is InChI=1S/C3H8NO2/c1-4(2)3-6-5/h3H2,1-2H3. The Morgan fingerprint density at radius 1 is 1.67 bits per heavy atom. The minimum atomic E-state index is 0.153. The second kappa shape index (κ2) is 3.08. The Morgan fingerprint density at radius 2 is 2.17 bits per heavy atom. The van der Waals surface area contributed by atoms with Gasteiger partial charge >= 0.3 is 0 Å². The largest absolute Gasteiger partial charge is 0.284 e. The summed E-state index contributed by atoms with van der Waals surface area (Å²) in [5.74, 6) is 0. The molecule has 0 aliphatic carbocycles. The van der Waals surface area contributed by atoms with Crippen molar-refractivity contribution >= 4 is 0 Å². The van der Waals surface area contributed by atoms with E-state index in [9.17, 15) is 5.26 Å². The summed E-state index contributed by atoms with van der Waals surface area (Å²) in [4.78, 5) is 5.12. The maximum Gasteiger partial charge on any atom is 0.138 e. The normalized spacial score (nSPS) is 10.0. The average Bonchev–Trinajstić information content (AvgIpc) is 1.35. The van der Waals surface area contributed by atoms with Crippen LogP contribution in [0.3, 0.4) is 0 Å². The molecule has 0 aromatic rings. The van der Waals surface area contributed by atoms with Crippen LogP contribution in [-0.2, 0) is 10.1 Å². The smallest absolute Gasteiger partial charge is 0.138 e. The van der Waals surface area contributed by atoms with Crippen molar-refractivity contribution in [1.29, 1.82) is 0 Å². The molecular formula is C3H8NO2. The van der Waals surface area contributed by atoms with E-state index in [1.807, 2.05) is 0 Å². The van der Waals surface area contributed by atoms with Crippen LogP contribution in [0.2, 0.25) is 0 Å². The lowest BCUT2D eigenvalue weighted by molar-refractivity contribution is -0.321. The van der Waals surface area contributed by atoms with Crippen molar-refractivity contribution in [2.75, 3.05) is 20.8 Å². The molecule has 37 valence electrons. The molecule has 0 saturated heterocycles. The van der Waals surface area contributed by atoms with Crippen molar-refractivity contribution in [3.63, 3.8) is 0 Å². The highest BCUT2D eigenvalue weighted by Crippen LogP contribution is 1.69. The highest BCUT2D eigenvalue weighted by atomic mass is 17.1. The van der Waals surface area contributed by atoms with E-state index < -0.39 is 0 Å². The summed E-state index contributed by atoms with van der Waals surface area (Å²) in [6.07, 6.45) is 0. The zero-order chi connectivity index (χ0) is 4.99. The van der Waals surface area contributed by atoms with E-state index in [4.69, 9.17) is 0 Å². The second-order valence-electron chi connectivity index (χ2n) is 1.33. The Morgan fingerprint density at radius 3 is 2.17 bits per heavy atom. The van der Waals surface area contributed by atoms with Crippen molar-refractivity contribution in [3.05, 3.63) is 0 Å². The van der Waals surface area contributed by atoms with Crippen molar-refractivity contribution in [3.8, 4) is 0 Å². The molecule has 6 heavy (non-hydrogen) atoms. The van der Waals surface area contributed by atoms with Crippen LogP contribution >= 0.6 is 0 Å². The number of hydrogen-bond donors (Lipinski definition) is 0. The molecule has 0 aromatic carbocycles. The monoisotopic (exact) mass is 90.1 g/mol. The van der Waals surface area contributed by atoms with E-state index in [2.05, 4.69) is 4.89 Å². The summed E-state index contributed by atoms with van der Waals surface area (Å²) in [5.41, 5.74) is 0. The van der Waals surface area contributed by atoms with Gasteiger partial charge in [0.1, 0.15) is 6.73 Å². The number of hydrogen-bond acceptors (Lipinski definition) is 2. The van der Waals surface area contributed by atoms with Gasteiger partial charge in [0, 0.05) is 0 Å². The summed E-state index contributed by atoms with van der Waals surface area (Å²) in [5, 5.41) is 9.20. The van der Waals surface area contributed by atoms with Crippen LogP contribution in [0.5, 0.6) is 0 Å². The lowest BCUT2D eigenvalue weighted by atomic mass is 11.0. The summed E-state index contributed by atoms with van der Waals surface area (Å²) in [7, 11) is 3.52. The zero-order valence-corrected chi connectivity index (χ0v) is 3.97. The van der Waals surface area contributed by atoms with Gasteiger partial charge in [-0.25, -0.2) is 0 Å². The minimum Gasteiger partial charge on any atom is -0.284 e. The second-order valence-corrected chi connectivity index (χ2v) is 1.33. The van der Waals surface area contributed by atoms with Gasteiger partial charge in [-0.3, -0.25) is 4.90 Å². The molecular weight excluding hydrogens is 82.0 g/mol. The van der Waals surface area contributed by atoms with Crippen LogP contribution in [-0.4, -0.2) is 25.7 Å². The Kier molecular flexibility index (Phi) is 3.02. The summed E-state index contributed by atoms with van der Waals surface area (Å²) >= 11 is 0. The van der Waals surface area contributed by atoms with Gasteiger partial charge in [0.15, 0.2) is 0 Å². The maximum absolute atomic E-state index is 9.20. The number of rotatable bonds is 2. The van der Waals surface area contributed by atoms with E-state index in [0.29, 0.717) is 0 Å². The molecule has 3 heteroatoms. The third-order valence-electron chi connectivity index (χ3n) is 0.311. The molecule has 0 unspecified atom stereocenters. The van der Waals surface area contributed by atoms with E-state index in [1.165, 1.54) is 0 Å². The first-order chi connectivity index (χ1) is 2.77. The molecule has 0 bridgehead atoms. The molecule has 0 heterocycles. The molecule has 1 radical (unpaired) electrons. The zero-order valence-electron chi connectivity index (χ0n) is 3.97.